The molecule has 0 amide bonds. The van der Waals surface area contributed by atoms with Crippen molar-refractivity contribution >= 4 is 26.7 Å². The second-order valence-corrected chi connectivity index (χ2v) is 10.8. The normalized spacial score (nSPS) is 14.4. The molecule has 0 unspecified atom stereocenters. The largest absolute Gasteiger partial charge is 0.382 e. The van der Waals surface area contributed by atoms with Gasteiger partial charge in [-0.2, -0.15) is 0 Å². The lowest BCUT2D eigenvalue weighted by Gasteiger charge is -2.12. The van der Waals surface area contributed by atoms with Gasteiger partial charge in [0.05, 0.1) is 11.3 Å². The highest BCUT2D eigenvalue weighted by atomic mass is 32.2. The maximum absolute atomic E-state index is 13.9. The number of rotatable bonds is 9. The molecule has 1 fully saturated rings. The number of sulfone groups is 1. The van der Waals surface area contributed by atoms with Gasteiger partial charge in [-0.3, -0.25) is 0 Å². The fourth-order valence-corrected chi connectivity index (χ4v) is 5.54. The Labute approximate surface area is 186 Å². The molecule has 32 heavy (non-hydrogen) atoms. The van der Waals surface area contributed by atoms with Crippen LogP contribution in [0.25, 0.3) is 11.0 Å². The van der Waals surface area contributed by atoms with Gasteiger partial charge in [0.25, 0.3) is 0 Å². The van der Waals surface area contributed by atoms with Gasteiger partial charge in [0.2, 0.25) is 0 Å². The molecule has 9 heteroatoms. The minimum Gasteiger partial charge on any atom is -0.382 e. The lowest BCUT2D eigenvalue weighted by Crippen LogP contribution is -2.10. The molecule has 0 radical (unpaired) electrons. The van der Waals surface area contributed by atoms with E-state index in [2.05, 4.69) is 9.55 Å². The summed E-state index contributed by atoms with van der Waals surface area (Å²) in [6, 6.07) is 2.56. The SMILES string of the molecule is Cc1nc(N)c2nc(CC3CC3)n(CCCCCS(=O)(=O)c3ccc(F)cc3F)c2c1C. The van der Waals surface area contributed by atoms with E-state index in [-0.39, 0.29) is 5.75 Å². The van der Waals surface area contributed by atoms with Gasteiger partial charge < -0.3 is 10.3 Å². The van der Waals surface area contributed by atoms with Gasteiger partial charge in [-0.1, -0.05) is 6.42 Å². The molecule has 0 bridgehead atoms. The van der Waals surface area contributed by atoms with Crippen molar-refractivity contribution in [1.29, 1.82) is 0 Å². The first-order valence-corrected chi connectivity index (χ1v) is 12.6. The first kappa shape index (κ1) is 22.6. The molecular weight excluding hydrogens is 434 g/mol. The van der Waals surface area contributed by atoms with Crippen molar-refractivity contribution in [2.45, 2.75) is 63.8 Å². The number of unbranched alkanes of at least 4 members (excludes halogenated alkanes) is 2. The molecule has 2 aromatic heterocycles. The number of nitrogens with zero attached hydrogens (tertiary/aromatic N) is 3. The first-order valence-electron chi connectivity index (χ1n) is 11.0. The second-order valence-electron chi connectivity index (χ2n) is 8.69. The van der Waals surface area contributed by atoms with Crippen LogP contribution in [-0.2, 0) is 22.8 Å². The number of anilines is 1. The number of imidazole rings is 1. The minimum atomic E-state index is -3.80. The summed E-state index contributed by atoms with van der Waals surface area (Å²) >= 11 is 0. The van der Waals surface area contributed by atoms with Crippen molar-refractivity contribution in [3.05, 3.63) is 46.9 Å². The third-order valence-electron chi connectivity index (χ3n) is 6.17. The van der Waals surface area contributed by atoms with Crippen LogP contribution >= 0.6 is 0 Å². The van der Waals surface area contributed by atoms with E-state index in [1.165, 1.54) is 12.8 Å². The van der Waals surface area contributed by atoms with Crippen molar-refractivity contribution < 1.29 is 17.2 Å². The molecule has 0 aliphatic heterocycles. The topological polar surface area (TPSA) is 90.9 Å². The van der Waals surface area contributed by atoms with E-state index < -0.39 is 26.4 Å². The van der Waals surface area contributed by atoms with Crippen LogP contribution in [0.15, 0.2) is 23.1 Å². The van der Waals surface area contributed by atoms with Crippen molar-refractivity contribution in [3.8, 4) is 0 Å². The molecular formula is C23H28F2N4O2S. The molecule has 1 aliphatic rings. The Morgan fingerprint density at radius 1 is 1.12 bits per heavy atom. The Morgan fingerprint density at radius 2 is 1.88 bits per heavy atom. The summed E-state index contributed by atoms with van der Waals surface area (Å²) in [5.74, 6) is 0.0902. The van der Waals surface area contributed by atoms with Crippen LogP contribution in [0.2, 0.25) is 0 Å². The molecule has 2 N–H and O–H groups in total. The summed E-state index contributed by atoms with van der Waals surface area (Å²) in [6.07, 6.45) is 5.14. The number of benzene rings is 1. The zero-order chi connectivity index (χ0) is 23.0. The van der Waals surface area contributed by atoms with E-state index in [1.54, 1.807) is 0 Å². The molecule has 6 nitrogen and oxygen atoms in total. The van der Waals surface area contributed by atoms with Crippen LogP contribution in [0.3, 0.4) is 0 Å². The summed E-state index contributed by atoms with van der Waals surface area (Å²) in [6.45, 7) is 4.66. The van der Waals surface area contributed by atoms with Crippen LogP contribution in [-0.4, -0.2) is 28.7 Å². The van der Waals surface area contributed by atoms with E-state index >= 15 is 0 Å². The van der Waals surface area contributed by atoms with Crippen LogP contribution in [0.5, 0.6) is 0 Å². The van der Waals surface area contributed by atoms with Crippen LogP contribution in [0.1, 0.15) is 49.2 Å². The van der Waals surface area contributed by atoms with Gasteiger partial charge in [0, 0.05) is 24.7 Å². The van der Waals surface area contributed by atoms with Gasteiger partial charge >= 0.3 is 0 Å². The van der Waals surface area contributed by atoms with E-state index in [4.69, 9.17) is 10.7 Å². The van der Waals surface area contributed by atoms with E-state index in [0.29, 0.717) is 37.2 Å². The van der Waals surface area contributed by atoms with Crippen molar-refractivity contribution in [2.75, 3.05) is 11.5 Å². The highest BCUT2D eigenvalue weighted by molar-refractivity contribution is 7.91. The molecule has 3 aromatic rings. The van der Waals surface area contributed by atoms with Crippen molar-refractivity contribution in [2.24, 2.45) is 5.92 Å². The van der Waals surface area contributed by atoms with E-state index in [1.807, 2.05) is 13.8 Å². The summed E-state index contributed by atoms with van der Waals surface area (Å²) < 4.78 is 54.0. The third kappa shape index (κ3) is 4.62. The van der Waals surface area contributed by atoms with Crippen LogP contribution in [0, 0.1) is 31.4 Å². The average molecular weight is 463 g/mol. The second kappa shape index (κ2) is 8.77. The Morgan fingerprint density at radius 3 is 2.56 bits per heavy atom. The lowest BCUT2D eigenvalue weighted by molar-refractivity contribution is 0.544. The van der Waals surface area contributed by atoms with Gasteiger partial charge in [-0.15, -0.1) is 0 Å². The highest BCUT2D eigenvalue weighted by Crippen LogP contribution is 2.35. The van der Waals surface area contributed by atoms with E-state index in [0.717, 1.165) is 53.1 Å². The lowest BCUT2D eigenvalue weighted by atomic mass is 10.2. The smallest absolute Gasteiger partial charge is 0.181 e. The maximum Gasteiger partial charge on any atom is 0.181 e. The molecule has 1 saturated carbocycles. The minimum absolute atomic E-state index is 0.176. The standard InChI is InChI=1S/C23H28F2N4O2S/c1-14-15(2)27-23(26)21-22(14)29(20(28-21)12-16-6-7-16)10-4-3-5-11-32(30,31)19-9-8-17(24)13-18(19)25/h8-9,13,16H,3-7,10-12H2,1-2H3,(H2,26,27). The number of aryl methyl sites for hydroxylation is 3. The van der Waals surface area contributed by atoms with Gasteiger partial charge in [-0.25, -0.2) is 27.2 Å². The summed E-state index contributed by atoms with van der Waals surface area (Å²) in [7, 11) is -3.80. The fraction of sp³-hybridized carbons (Fsp3) is 0.478. The summed E-state index contributed by atoms with van der Waals surface area (Å²) in [5.41, 5.74) is 9.82. The highest BCUT2D eigenvalue weighted by Gasteiger charge is 2.26. The predicted molar refractivity (Wildman–Crippen MR) is 120 cm³/mol. The Balaban J connectivity index is 1.45. The van der Waals surface area contributed by atoms with Crippen molar-refractivity contribution in [1.82, 2.24) is 14.5 Å². The molecule has 0 atom stereocenters. The summed E-state index contributed by atoms with van der Waals surface area (Å²) in [4.78, 5) is 8.76. The quantitative estimate of drug-likeness (QED) is 0.373. The number of pyridine rings is 1. The zero-order valence-electron chi connectivity index (χ0n) is 18.4. The number of aromatic nitrogens is 3. The monoisotopic (exact) mass is 462 g/mol. The summed E-state index contributed by atoms with van der Waals surface area (Å²) in [5, 5.41) is 0. The van der Waals surface area contributed by atoms with Crippen LogP contribution in [0.4, 0.5) is 14.6 Å². The Bertz CT molecular complexity index is 1270. The average Bonchev–Trinajstić information content (AvgIpc) is 3.45. The van der Waals surface area contributed by atoms with Crippen LogP contribution < -0.4 is 5.73 Å². The molecule has 172 valence electrons. The third-order valence-corrected chi connectivity index (χ3v) is 7.99. The number of nitrogens with two attached hydrogens (primary N) is 1. The Kier molecular flexibility index (Phi) is 6.20. The molecule has 0 saturated heterocycles. The number of hydrogen-bond donors (Lipinski definition) is 1. The number of fused-ring (bicyclic) bond motifs is 1. The number of halogens is 2. The van der Waals surface area contributed by atoms with Gasteiger partial charge in [0.15, 0.2) is 15.7 Å². The molecule has 0 spiro atoms. The molecule has 1 aromatic carbocycles. The maximum atomic E-state index is 13.9. The predicted octanol–water partition coefficient (Wildman–Crippen LogP) is 4.51. The van der Waals surface area contributed by atoms with Crippen molar-refractivity contribution in [3.63, 3.8) is 0 Å². The molecule has 1 aliphatic carbocycles. The number of hydrogen-bond acceptors (Lipinski definition) is 5. The number of nitrogen functional groups attached to an aromatic ring is 1. The fourth-order valence-electron chi connectivity index (χ4n) is 4.10. The molecule has 2 heterocycles. The first-order chi connectivity index (χ1) is 15.2. The van der Waals surface area contributed by atoms with Gasteiger partial charge in [0.1, 0.15) is 27.9 Å². The molecule has 4 rings (SSSR count). The Hall–Kier alpha value is -2.55. The van der Waals surface area contributed by atoms with Gasteiger partial charge in [-0.05, 0) is 63.1 Å². The van der Waals surface area contributed by atoms with E-state index in [9.17, 15) is 17.2 Å². The zero-order valence-corrected chi connectivity index (χ0v) is 19.2.